The highest BCUT2D eigenvalue weighted by Gasteiger charge is 2.25. The molecular formula is C13H14O3S. The van der Waals surface area contributed by atoms with Gasteiger partial charge < -0.3 is 5.11 Å². The van der Waals surface area contributed by atoms with Crippen LogP contribution in [0.15, 0.2) is 28.2 Å². The molecule has 0 unspecified atom stereocenters. The van der Waals surface area contributed by atoms with E-state index in [0.717, 1.165) is 35.8 Å². The molecule has 17 heavy (non-hydrogen) atoms. The third-order valence-corrected chi connectivity index (χ3v) is 5.07. The molecule has 0 atom stereocenters. The van der Waals surface area contributed by atoms with Crippen molar-refractivity contribution in [2.45, 2.75) is 37.0 Å². The fraction of sp³-hybridized carbons (Fsp3) is 0.385. The number of rotatable bonds is 0. The first-order chi connectivity index (χ1) is 8.06. The maximum Gasteiger partial charge on any atom is 0.203 e. The van der Waals surface area contributed by atoms with E-state index < -0.39 is 9.84 Å². The number of benzene rings is 1. The predicted molar refractivity (Wildman–Crippen MR) is 64.7 cm³/mol. The van der Waals surface area contributed by atoms with Crippen LogP contribution in [-0.2, 0) is 29.1 Å². The molecule has 0 bridgehead atoms. The van der Waals surface area contributed by atoms with Crippen molar-refractivity contribution in [3.05, 3.63) is 40.0 Å². The highest BCUT2D eigenvalue weighted by atomic mass is 32.2. The van der Waals surface area contributed by atoms with Crippen molar-refractivity contribution in [1.29, 1.82) is 0 Å². The first-order valence-electron chi connectivity index (χ1n) is 5.85. The first kappa shape index (κ1) is 10.8. The second kappa shape index (κ2) is 3.60. The molecule has 2 aliphatic rings. The zero-order chi connectivity index (χ0) is 12.0. The minimum absolute atomic E-state index is 0.0618. The van der Waals surface area contributed by atoms with Gasteiger partial charge in [-0.3, -0.25) is 0 Å². The summed E-state index contributed by atoms with van der Waals surface area (Å²) in [5, 5.41) is 10.5. The van der Waals surface area contributed by atoms with Crippen molar-refractivity contribution in [1.82, 2.24) is 0 Å². The van der Waals surface area contributed by atoms with Crippen molar-refractivity contribution in [3.8, 4) is 0 Å². The van der Waals surface area contributed by atoms with Gasteiger partial charge in [-0.1, -0.05) is 6.07 Å². The van der Waals surface area contributed by atoms with Gasteiger partial charge >= 0.3 is 0 Å². The van der Waals surface area contributed by atoms with Crippen LogP contribution < -0.4 is 0 Å². The molecule has 0 saturated heterocycles. The Kier molecular flexibility index (Phi) is 2.30. The van der Waals surface area contributed by atoms with E-state index in [1.165, 1.54) is 12.0 Å². The van der Waals surface area contributed by atoms with E-state index in [1.54, 1.807) is 0 Å². The normalized spacial score (nSPS) is 21.3. The van der Waals surface area contributed by atoms with E-state index in [-0.39, 0.29) is 5.76 Å². The zero-order valence-electron chi connectivity index (χ0n) is 9.44. The smallest absolute Gasteiger partial charge is 0.203 e. The number of aryl methyl sites for hydroxylation is 2. The summed E-state index contributed by atoms with van der Waals surface area (Å²) in [6.45, 7) is 0. The topological polar surface area (TPSA) is 54.4 Å². The van der Waals surface area contributed by atoms with Crippen molar-refractivity contribution >= 4 is 9.84 Å². The van der Waals surface area contributed by atoms with Crippen LogP contribution in [0.2, 0.25) is 0 Å². The van der Waals surface area contributed by atoms with Gasteiger partial charge in [-0.15, -0.1) is 0 Å². The van der Waals surface area contributed by atoms with Crippen LogP contribution in [0.3, 0.4) is 0 Å². The SMILES string of the molecule is O=S1(=O)C=C(O)Cc2cc3c(cc21)CCCC3. The van der Waals surface area contributed by atoms with Crippen LogP contribution in [-0.4, -0.2) is 13.5 Å². The highest BCUT2D eigenvalue weighted by molar-refractivity contribution is 7.94. The number of fused-ring (bicyclic) bond motifs is 2. The largest absolute Gasteiger partial charge is 0.511 e. The fourth-order valence-electron chi connectivity index (χ4n) is 2.70. The van der Waals surface area contributed by atoms with Crippen molar-refractivity contribution in [2.75, 3.05) is 0 Å². The monoisotopic (exact) mass is 250 g/mol. The van der Waals surface area contributed by atoms with Gasteiger partial charge in [-0.05, 0) is 48.4 Å². The molecule has 1 N–H and O–H groups in total. The highest BCUT2D eigenvalue weighted by Crippen LogP contribution is 2.32. The summed E-state index contributed by atoms with van der Waals surface area (Å²) in [6, 6.07) is 3.77. The Morgan fingerprint density at radius 1 is 1.00 bits per heavy atom. The molecule has 90 valence electrons. The van der Waals surface area contributed by atoms with Gasteiger partial charge in [0, 0.05) is 6.42 Å². The molecule has 1 aromatic rings. The number of allylic oxidation sites excluding steroid dienone is 1. The summed E-state index contributed by atoms with van der Waals surface area (Å²) in [4.78, 5) is 0.385. The average molecular weight is 250 g/mol. The molecular weight excluding hydrogens is 236 g/mol. The summed E-state index contributed by atoms with van der Waals surface area (Å²) in [7, 11) is -3.44. The van der Waals surface area contributed by atoms with Gasteiger partial charge in [0.05, 0.1) is 10.3 Å². The van der Waals surface area contributed by atoms with E-state index in [2.05, 4.69) is 0 Å². The molecule has 3 rings (SSSR count). The first-order valence-corrected chi connectivity index (χ1v) is 7.40. The third-order valence-electron chi connectivity index (χ3n) is 3.49. The maximum atomic E-state index is 11.9. The molecule has 0 aromatic heterocycles. The molecule has 3 nitrogen and oxygen atoms in total. The summed E-state index contributed by atoms with van der Waals surface area (Å²) < 4.78 is 23.9. The Morgan fingerprint density at radius 3 is 2.35 bits per heavy atom. The van der Waals surface area contributed by atoms with Gasteiger partial charge in [0.1, 0.15) is 5.76 Å². The summed E-state index contributed by atoms with van der Waals surface area (Å²) >= 11 is 0. The minimum atomic E-state index is -3.44. The van der Waals surface area contributed by atoms with Crippen LogP contribution in [0, 0.1) is 0 Å². The zero-order valence-corrected chi connectivity index (χ0v) is 10.3. The second-order valence-electron chi connectivity index (χ2n) is 4.77. The molecule has 0 amide bonds. The van der Waals surface area contributed by atoms with Crippen molar-refractivity contribution in [2.24, 2.45) is 0 Å². The Bertz CT molecular complexity index is 612. The molecule has 0 fully saturated rings. The minimum Gasteiger partial charge on any atom is -0.511 e. The molecule has 1 aliphatic heterocycles. The molecule has 1 aromatic carbocycles. The van der Waals surface area contributed by atoms with Crippen molar-refractivity contribution in [3.63, 3.8) is 0 Å². The standard InChI is InChI=1S/C13H14O3S/c14-12-6-11-5-9-3-1-2-4-10(9)7-13(11)17(15,16)8-12/h5,7-8,14H,1-4,6H2. The lowest BCUT2D eigenvalue weighted by molar-refractivity contribution is 0.397. The summed E-state index contributed by atoms with van der Waals surface area (Å²) in [5.74, 6) is -0.0618. The van der Waals surface area contributed by atoms with Crippen molar-refractivity contribution < 1.29 is 13.5 Å². The average Bonchev–Trinajstić information content (AvgIpc) is 2.26. The van der Waals surface area contributed by atoms with E-state index in [4.69, 9.17) is 0 Å². The fourth-order valence-corrected chi connectivity index (χ4v) is 4.07. The molecule has 0 saturated carbocycles. The Labute approximate surface area is 101 Å². The number of aliphatic hydroxyl groups is 1. The molecule has 0 spiro atoms. The molecule has 4 heteroatoms. The second-order valence-corrected chi connectivity index (χ2v) is 6.53. The van der Waals surface area contributed by atoms with Gasteiger partial charge in [0.2, 0.25) is 9.84 Å². The number of hydrogen-bond donors (Lipinski definition) is 1. The van der Waals surface area contributed by atoms with Gasteiger partial charge in [0.15, 0.2) is 0 Å². The van der Waals surface area contributed by atoms with Crippen LogP contribution in [0.4, 0.5) is 0 Å². The van der Waals surface area contributed by atoms with E-state index >= 15 is 0 Å². The Morgan fingerprint density at radius 2 is 1.65 bits per heavy atom. The lowest BCUT2D eigenvalue weighted by Gasteiger charge is -2.21. The lowest BCUT2D eigenvalue weighted by atomic mass is 9.89. The van der Waals surface area contributed by atoms with Gasteiger partial charge in [-0.25, -0.2) is 8.42 Å². The molecule has 1 aliphatic carbocycles. The Balaban J connectivity index is 2.22. The predicted octanol–water partition coefficient (Wildman–Crippen LogP) is 2.29. The lowest BCUT2D eigenvalue weighted by Crippen LogP contribution is -2.13. The van der Waals surface area contributed by atoms with Crippen LogP contribution >= 0.6 is 0 Å². The number of hydrogen-bond acceptors (Lipinski definition) is 3. The van der Waals surface area contributed by atoms with Gasteiger partial charge in [-0.2, -0.15) is 0 Å². The quantitative estimate of drug-likeness (QED) is 0.768. The molecule has 1 heterocycles. The Hall–Kier alpha value is -1.29. The van der Waals surface area contributed by atoms with E-state index in [0.29, 0.717) is 11.3 Å². The summed E-state index contributed by atoms with van der Waals surface area (Å²) in [5.41, 5.74) is 3.15. The number of aliphatic hydroxyl groups excluding tert-OH is 1. The van der Waals surface area contributed by atoms with Crippen LogP contribution in [0.5, 0.6) is 0 Å². The van der Waals surface area contributed by atoms with Gasteiger partial charge in [0.25, 0.3) is 0 Å². The molecule has 0 radical (unpaired) electrons. The van der Waals surface area contributed by atoms with E-state index in [1.807, 2.05) is 12.1 Å². The summed E-state index contributed by atoms with van der Waals surface area (Å²) in [6.07, 6.45) is 4.62. The van der Waals surface area contributed by atoms with E-state index in [9.17, 15) is 13.5 Å². The van der Waals surface area contributed by atoms with Crippen LogP contribution in [0.25, 0.3) is 0 Å². The third kappa shape index (κ3) is 1.76. The number of sulfone groups is 1. The van der Waals surface area contributed by atoms with Crippen LogP contribution in [0.1, 0.15) is 29.5 Å². The maximum absolute atomic E-state index is 11.9.